The van der Waals surface area contributed by atoms with Crippen molar-refractivity contribution < 1.29 is 9.90 Å². The Bertz CT molecular complexity index is 79.0. The molecule has 0 heterocycles. The SMILES string of the molecule is CC(O)CCC(C)C=O. The Balaban J connectivity index is 3.16. The van der Waals surface area contributed by atoms with Gasteiger partial charge >= 0.3 is 0 Å². The molecule has 0 amide bonds. The maximum atomic E-state index is 10.0. The summed E-state index contributed by atoms with van der Waals surface area (Å²) in [4.78, 5) is 10.0. The van der Waals surface area contributed by atoms with Gasteiger partial charge in [0.1, 0.15) is 6.29 Å². The van der Waals surface area contributed by atoms with Crippen LogP contribution in [-0.4, -0.2) is 17.5 Å². The number of carbonyl (C=O) groups is 1. The Morgan fingerprint density at radius 1 is 1.44 bits per heavy atom. The third-order valence-corrected chi connectivity index (χ3v) is 1.27. The van der Waals surface area contributed by atoms with Crippen molar-refractivity contribution in [1.82, 2.24) is 0 Å². The molecule has 0 fully saturated rings. The van der Waals surface area contributed by atoms with Crippen LogP contribution in [0.1, 0.15) is 26.7 Å². The second-order valence-corrected chi connectivity index (χ2v) is 2.54. The van der Waals surface area contributed by atoms with Gasteiger partial charge < -0.3 is 9.90 Å². The highest BCUT2D eigenvalue weighted by Gasteiger charge is 2.01. The fourth-order valence-electron chi connectivity index (χ4n) is 0.572. The van der Waals surface area contributed by atoms with Crippen LogP contribution >= 0.6 is 0 Å². The molecule has 0 radical (unpaired) electrons. The summed E-state index contributed by atoms with van der Waals surface area (Å²) in [5.74, 6) is 0.0969. The Morgan fingerprint density at radius 2 is 2.00 bits per heavy atom. The van der Waals surface area contributed by atoms with E-state index in [-0.39, 0.29) is 12.0 Å². The monoisotopic (exact) mass is 130 g/mol. The molecule has 0 aliphatic rings. The lowest BCUT2D eigenvalue weighted by atomic mass is 10.1. The molecule has 0 rings (SSSR count). The smallest absolute Gasteiger partial charge is 0.122 e. The summed E-state index contributed by atoms with van der Waals surface area (Å²) in [5, 5.41) is 8.78. The predicted molar refractivity (Wildman–Crippen MR) is 36.1 cm³/mol. The molecule has 0 saturated carbocycles. The summed E-state index contributed by atoms with van der Waals surface area (Å²) in [5.41, 5.74) is 0. The van der Waals surface area contributed by atoms with Crippen LogP contribution < -0.4 is 0 Å². The third-order valence-electron chi connectivity index (χ3n) is 1.27. The highest BCUT2D eigenvalue weighted by molar-refractivity contribution is 5.52. The van der Waals surface area contributed by atoms with E-state index in [1.165, 1.54) is 0 Å². The standard InChI is InChI=1S/C7H14O2/c1-6(5-8)3-4-7(2)9/h5-7,9H,3-4H2,1-2H3. The fraction of sp³-hybridized carbons (Fsp3) is 0.857. The molecule has 2 atom stereocenters. The van der Waals surface area contributed by atoms with E-state index in [4.69, 9.17) is 5.11 Å². The second-order valence-electron chi connectivity index (χ2n) is 2.54. The van der Waals surface area contributed by atoms with E-state index in [0.717, 1.165) is 19.1 Å². The van der Waals surface area contributed by atoms with Gasteiger partial charge in [-0.25, -0.2) is 0 Å². The minimum absolute atomic E-state index is 0.0969. The lowest BCUT2D eigenvalue weighted by molar-refractivity contribution is -0.110. The van der Waals surface area contributed by atoms with Crippen molar-refractivity contribution in [3.63, 3.8) is 0 Å². The Labute approximate surface area is 55.9 Å². The van der Waals surface area contributed by atoms with Crippen LogP contribution in [0.15, 0.2) is 0 Å². The van der Waals surface area contributed by atoms with E-state index in [0.29, 0.717) is 0 Å². The van der Waals surface area contributed by atoms with E-state index in [2.05, 4.69) is 0 Å². The van der Waals surface area contributed by atoms with Crippen molar-refractivity contribution in [3.8, 4) is 0 Å². The quantitative estimate of drug-likeness (QED) is 0.576. The molecular weight excluding hydrogens is 116 g/mol. The van der Waals surface area contributed by atoms with Gasteiger partial charge in [0, 0.05) is 5.92 Å². The number of aliphatic hydroxyl groups excluding tert-OH is 1. The molecule has 2 unspecified atom stereocenters. The summed E-state index contributed by atoms with van der Waals surface area (Å²) in [7, 11) is 0. The van der Waals surface area contributed by atoms with Crippen molar-refractivity contribution in [2.75, 3.05) is 0 Å². The zero-order valence-electron chi connectivity index (χ0n) is 6.00. The van der Waals surface area contributed by atoms with Gasteiger partial charge in [0.15, 0.2) is 0 Å². The molecule has 0 spiro atoms. The van der Waals surface area contributed by atoms with E-state index in [1.807, 2.05) is 6.92 Å². The maximum absolute atomic E-state index is 10.0. The molecule has 0 aromatic rings. The highest BCUT2D eigenvalue weighted by atomic mass is 16.3. The number of aliphatic hydroxyl groups is 1. The van der Waals surface area contributed by atoms with E-state index >= 15 is 0 Å². The molecule has 0 saturated heterocycles. The Hall–Kier alpha value is -0.370. The molecule has 0 aliphatic carbocycles. The number of aldehydes is 1. The number of hydrogen-bond donors (Lipinski definition) is 1. The van der Waals surface area contributed by atoms with Crippen LogP contribution in [0.25, 0.3) is 0 Å². The fourth-order valence-corrected chi connectivity index (χ4v) is 0.572. The molecule has 0 aromatic heterocycles. The first-order valence-electron chi connectivity index (χ1n) is 3.30. The van der Waals surface area contributed by atoms with Gasteiger partial charge in [-0.05, 0) is 19.8 Å². The van der Waals surface area contributed by atoms with Crippen LogP contribution in [0.5, 0.6) is 0 Å². The van der Waals surface area contributed by atoms with Crippen LogP contribution in [-0.2, 0) is 4.79 Å². The molecule has 2 heteroatoms. The average Bonchev–Trinajstić information content (AvgIpc) is 1.83. The van der Waals surface area contributed by atoms with Crippen molar-refractivity contribution in [2.45, 2.75) is 32.8 Å². The molecule has 54 valence electrons. The minimum Gasteiger partial charge on any atom is -0.393 e. The van der Waals surface area contributed by atoms with Crippen molar-refractivity contribution in [1.29, 1.82) is 0 Å². The van der Waals surface area contributed by atoms with Gasteiger partial charge in [-0.15, -0.1) is 0 Å². The Morgan fingerprint density at radius 3 is 2.33 bits per heavy atom. The van der Waals surface area contributed by atoms with Crippen LogP contribution in [0, 0.1) is 5.92 Å². The van der Waals surface area contributed by atoms with Crippen LogP contribution in [0.3, 0.4) is 0 Å². The lowest BCUT2D eigenvalue weighted by Crippen LogP contribution is -2.03. The van der Waals surface area contributed by atoms with Gasteiger partial charge in [0.25, 0.3) is 0 Å². The van der Waals surface area contributed by atoms with Crippen LogP contribution in [0.2, 0.25) is 0 Å². The van der Waals surface area contributed by atoms with Crippen molar-refractivity contribution >= 4 is 6.29 Å². The predicted octanol–water partition coefficient (Wildman–Crippen LogP) is 0.982. The van der Waals surface area contributed by atoms with Gasteiger partial charge in [0.05, 0.1) is 6.10 Å². The zero-order valence-corrected chi connectivity index (χ0v) is 6.00. The van der Waals surface area contributed by atoms with Crippen molar-refractivity contribution in [3.05, 3.63) is 0 Å². The van der Waals surface area contributed by atoms with Gasteiger partial charge in [-0.2, -0.15) is 0 Å². The average molecular weight is 130 g/mol. The lowest BCUT2D eigenvalue weighted by Gasteiger charge is -2.04. The van der Waals surface area contributed by atoms with Crippen LogP contribution in [0.4, 0.5) is 0 Å². The molecule has 9 heavy (non-hydrogen) atoms. The Kier molecular flexibility index (Phi) is 4.32. The van der Waals surface area contributed by atoms with Gasteiger partial charge in [0.2, 0.25) is 0 Å². The summed E-state index contributed by atoms with van der Waals surface area (Å²) in [6.07, 6.45) is 2.16. The van der Waals surface area contributed by atoms with E-state index in [9.17, 15) is 4.79 Å². The first-order chi connectivity index (χ1) is 4.16. The summed E-state index contributed by atoms with van der Waals surface area (Å²) in [6, 6.07) is 0. The van der Waals surface area contributed by atoms with Crippen molar-refractivity contribution in [2.24, 2.45) is 5.92 Å². The molecule has 2 nitrogen and oxygen atoms in total. The summed E-state index contributed by atoms with van der Waals surface area (Å²) in [6.45, 7) is 3.59. The molecule has 1 N–H and O–H groups in total. The normalized spacial score (nSPS) is 16.8. The highest BCUT2D eigenvalue weighted by Crippen LogP contribution is 2.04. The third kappa shape index (κ3) is 5.50. The molecular formula is C7H14O2. The minimum atomic E-state index is -0.271. The molecule has 0 bridgehead atoms. The summed E-state index contributed by atoms with van der Waals surface area (Å²) < 4.78 is 0. The molecule has 0 aromatic carbocycles. The number of rotatable bonds is 4. The first kappa shape index (κ1) is 8.63. The van der Waals surface area contributed by atoms with Gasteiger partial charge in [-0.1, -0.05) is 6.92 Å². The maximum Gasteiger partial charge on any atom is 0.122 e. The van der Waals surface area contributed by atoms with E-state index < -0.39 is 0 Å². The largest absolute Gasteiger partial charge is 0.393 e. The number of hydrogen-bond acceptors (Lipinski definition) is 2. The topological polar surface area (TPSA) is 37.3 Å². The second kappa shape index (κ2) is 4.50. The zero-order chi connectivity index (χ0) is 7.28. The summed E-state index contributed by atoms with van der Waals surface area (Å²) >= 11 is 0. The first-order valence-corrected chi connectivity index (χ1v) is 3.30. The number of carbonyl (C=O) groups excluding carboxylic acids is 1. The van der Waals surface area contributed by atoms with E-state index in [1.54, 1.807) is 6.92 Å². The van der Waals surface area contributed by atoms with Gasteiger partial charge in [-0.3, -0.25) is 0 Å². The molecule has 0 aliphatic heterocycles.